The van der Waals surface area contributed by atoms with Gasteiger partial charge in [-0.1, -0.05) is 18.2 Å². The fourth-order valence-corrected chi connectivity index (χ4v) is 5.12. The highest BCUT2D eigenvalue weighted by Gasteiger charge is 2.26. The van der Waals surface area contributed by atoms with Gasteiger partial charge in [-0.15, -0.1) is 22.7 Å². The van der Waals surface area contributed by atoms with E-state index in [0.717, 1.165) is 43.3 Å². The maximum Gasteiger partial charge on any atom is 0.181 e. The van der Waals surface area contributed by atoms with Gasteiger partial charge in [-0.3, -0.25) is 4.57 Å². The summed E-state index contributed by atoms with van der Waals surface area (Å²) in [6, 6.07) is 14.6. The third-order valence-electron chi connectivity index (χ3n) is 4.50. The molecule has 4 aromatic rings. The zero-order valence-corrected chi connectivity index (χ0v) is 16.7. The predicted molar refractivity (Wildman–Crippen MR) is 111 cm³/mol. The lowest BCUT2D eigenvalue weighted by atomic mass is 10.3. The normalized spacial score (nSPS) is 13.1. The van der Waals surface area contributed by atoms with Gasteiger partial charge in [0.25, 0.3) is 0 Å². The smallest absolute Gasteiger partial charge is 0.181 e. The monoisotopic (exact) mass is 394 g/mol. The Morgan fingerprint density at radius 2 is 1.70 bits per heavy atom. The molecule has 27 heavy (non-hydrogen) atoms. The van der Waals surface area contributed by atoms with Crippen LogP contribution in [-0.4, -0.2) is 22.8 Å². The van der Waals surface area contributed by atoms with Gasteiger partial charge in [0, 0.05) is 21.6 Å². The number of benzene rings is 1. The first kappa shape index (κ1) is 16.6. The number of nitrogens with zero attached hydrogens (tertiary/aromatic N) is 2. The van der Waals surface area contributed by atoms with Crippen molar-refractivity contribution < 1.29 is 9.47 Å². The van der Waals surface area contributed by atoms with E-state index in [1.54, 1.807) is 22.7 Å². The van der Waals surface area contributed by atoms with Crippen LogP contribution >= 0.6 is 22.7 Å². The summed E-state index contributed by atoms with van der Waals surface area (Å²) in [6.45, 7) is 5.36. The highest BCUT2D eigenvalue weighted by atomic mass is 32.1. The van der Waals surface area contributed by atoms with Crippen molar-refractivity contribution in [1.82, 2.24) is 9.55 Å². The van der Waals surface area contributed by atoms with Gasteiger partial charge in [0.15, 0.2) is 17.3 Å². The Kier molecular flexibility index (Phi) is 4.02. The summed E-state index contributed by atoms with van der Waals surface area (Å²) in [4.78, 5) is 9.60. The highest BCUT2D eigenvalue weighted by molar-refractivity contribution is 7.16. The molecule has 136 valence electrons. The lowest BCUT2D eigenvalue weighted by Crippen LogP contribution is -2.14. The van der Waals surface area contributed by atoms with Gasteiger partial charge in [-0.2, -0.15) is 0 Å². The Balaban J connectivity index is 1.70. The van der Waals surface area contributed by atoms with Crippen LogP contribution in [0.3, 0.4) is 0 Å². The lowest BCUT2D eigenvalue weighted by Gasteiger charge is -2.16. The second-order valence-corrected chi connectivity index (χ2v) is 8.92. The Hall–Kier alpha value is -2.57. The number of ether oxygens (including phenoxy) is 2. The zero-order chi connectivity index (χ0) is 18.4. The molecule has 3 aromatic heterocycles. The van der Waals surface area contributed by atoms with E-state index in [-0.39, 0.29) is 0 Å². The molecule has 5 rings (SSSR count). The van der Waals surface area contributed by atoms with Crippen LogP contribution in [0.2, 0.25) is 0 Å². The minimum absolute atomic E-state index is 0.576. The second kappa shape index (κ2) is 6.55. The molecular weight excluding hydrogens is 376 g/mol. The average Bonchev–Trinajstić information content (AvgIpc) is 3.40. The molecule has 0 atom stereocenters. The Labute approximate surface area is 165 Å². The maximum atomic E-state index is 5.93. The first-order valence-corrected chi connectivity index (χ1v) is 10.4. The largest absolute Gasteiger partial charge is 0.485 e. The van der Waals surface area contributed by atoms with Crippen molar-refractivity contribution in [1.29, 1.82) is 0 Å². The Morgan fingerprint density at radius 3 is 2.44 bits per heavy atom. The summed E-state index contributed by atoms with van der Waals surface area (Å²) >= 11 is 3.43. The summed E-state index contributed by atoms with van der Waals surface area (Å²) in [6.07, 6.45) is 2.10. The average molecular weight is 395 g/mol. The van der Waals surface area contributed by atoms with E-state index in [1.165, 1.54) is 4.88 Å². The third kappa shape index (κ3) is 2.85. The molecule has 0 saturated carbocycles. The summed E-state index contributed by atoms with van der Waals surface area (Å²) in [5.74, 6) is 2.64. The molecule has 0 aliphatic carbocycles. The van der Waals surface area contributed by atoms with Crippen LogP contribution in [-0.2, 0) is 0 Å². The number of imidazole rings is 1. The highest BCUT2D eigenvalue weighted by Crippen LogP contribution is 2.49. The fourth-order valence-electron chi connectivity index (χ4n) is 3.27. The molecule has 0 N–H and O–H groups in total. The van der Waals surface area contributed by atoms with Crippen LogP contribution < -0.4 is 9.47 Å². The molecule has 6 heteroatoms. The fraction of sp³-hybridized carbons (Fsp3) is 0.190. The number of aryl methyl sites for hydroxylation is 2. The van der Waals surface area contributed by atoms with Gasteiger partial charge in [-0.25, -0.2) is 4.98 Å². The number of aromatic nitrogens is 2. The zero-order valence-electron chi connectivity index (χ0n) is 15.1. The Morgan fingerprint density at radius 1 is 0.926 bits per heavy atom. The molecule has 0 fully saturated rings. The number of para-hydroxylation sites is 1. The number of rotatable bonds is 3. The van der Waals surface area contributed by atoms with E-state index in [1.807, 2.05) is 18.2 Å². The topological polar surface area (TPSA) is 36.3 Å². The number of hydrogen-bond donors (Lipinski definition) is 0. The summed E-state index contributed by atoms with van der Waals surface area (Å²) in [7, 11) is 0. The van der Waals surface area contributed by atoms with E-state index >= 15 is 0 Å². The van der Waals surface area contributed by atoms with Gasteiger partial charge < -0.3 is 9.47 Å². The summed E-state index contributed by atoms with van der Waals surface area (Å²) in [5.41, 5.74) is 2.01. The molecule has 1 aliphatic heterocycles. The number of fused-ring (bicyclic) bond motifs is 1. The number of thiophene rings is 2. The first-order valence-electron chi connectivity index (χ1n) is 8.81. The van der Waals surface area contributed by atoms with Crippen LogP contribution in [0, 0.1) is 13.8 Å². The molecule has 0 bridgehead atoms. The van der Waals surface area contributed by atoms with Crippen molar-refractivity contribution in [3.8, 4) is 38.5 Å². The van der Waals surface area contributed by atoms with Crippen molar-refractivity contribution in [2.45, 2.75) is 13.8 Å². The summed E-state index contributed by atoms with van der Waals surface area (Å²) < 4.78 is 13.9. The molecule has 0 unspecified atom stereocenters. The molecular formula is C21H18N2O2S2. The van der Waals surface area contributed by atoms with E-state index in [9.17, 15) is 0 Å². The van der Waals surface area contributed by atoms with Gasteiger partial charge in [0.1, 0.15) is 23.8 Å². The van der Waals surface area contributed by atoms with Gasteiger partial charge in [0.2, 0.25) is 0 Å². The van der Waals surface area contributed by atoms with E-state index < -0.39 is 0 Å². The molecule has 1 aromatic carbocycles. The molecule has 0 spiro atoms. The second-order valence-electron chi connectivity index (χ2n) is 6.41. The van der Waals surface area contributed by atoms with Crippen molar-refractivity contribution in [3.63, 3.8) is 0 Å². The Bertz CT molecular complexity index is 1110. The van der Waals surface area contributed by atoms with E-state index in [4.69, 9.17) is 14.5 Å². The summed E-state index contributed by atoms with van der Waals surface area (Å²) in [5, 5.41) is 0. The quantitative estimate of drug-likeness (QED) is 0.446. The van der Waals surface area contributed by atoms with Crippen LogP contribution in [0.25, 0.3) is 27.0 Å². The SMILES string of the molecule is Cc1ccc(-c2nc(-c3sc(C)c4c3OCCO4)cn2-c2ccccc2)s1. The predicted octanol–water partition coefficient (Wildman–Crippen LogP) is 5.72. The maximum absolute atomic E-state index is 5.93. The first-order chi connectivity index (χ1) is 13.2. The van der Waals surface area contributed by atoms with Gasteiger partial charge in [0.05, 0.1) is 4.88 Å². The molecule has 1 aliphatic rings. The standard InChI is InChI=1S/C21H18N2O2S2/c1-13-8-9-17(26-13)21-22-16(12-23(21)15-6-4-3-5-7-15)20-19-18(14(2)27-20)24-10-11-25-19/h3-9,12H,10-11H2,1-2H3. The molecule has 4 heterocycles. The lowest BCUT2D eigenvalue weighted by molar-refractivity contribution is 0.173. The minimum atomic E-state index is 0.576. The van der Waals surface area contributed by atoms with E-state index in [0.29, 0.717) is 13.2 Å². The van der Waals surface area contributed by atoms with Crippen LogP contribution in [0.5, 0.6) is 11.5 Å². The molecule has 4 nitrogen and oxygen atoms in total. The van der Waals surface area contributed by atoms with Crippen LogP contribution in [0.15, 0.2) is 48.7 Å². The molecule has 0 radical (unpaired) electrons. The van der Waals surface area contributed by atoms with Crippen molar-refractivity contribution in [2.24, 2.45) is 0 Å². The third-order valence-corrected chi connectivity index (χ3v) is 6.58. The minimum Gasteiger partial charge on any atom is -0.485 e. The van der Waals surface area contributed by atoms with Crippen molar-refractivity contribution >= 4 is 22.7 Å². The van der Waals surface area contributed by atoms with Crippen LogP contribution in [0.1, 0.15) is 9.75 Å². The van der Waals surface area contributed by atoms with E-state index in [2.05, 4.69) is 48.9 Å². The molecule has 0 saturated heterocycles. The van der Waals surface area contributed by atoms with Gasteiger partial charge >= 0.3 is 0 Å². The van der Waals surface area contributed by atoms with Gasteiger partial charge in [-0.05, 0) is 38.1 Å². The van der Waals surface area contributed by atoms with Crippen molar-refractivity contribution in [2.75, 3.05) is 13.2 Å². The van der Waals surface area contributed by atoms with Crippen molar-refractivity contribution in [3.05, 3.63) is 58.4 Å². The molecule has 0 amide bonds. The number of hydrogen-bond acceptors (Lipinski definition) is 5. The van der Waals surface area contributed by atoms with Crippen LogP contribution in [0.4, 0.5) is 0 Å².